The zero-order valence-electron chi connectivity index (χ0n) is 21.2. The second-order valence-electron chi connectivity index (χ2n) is 8.86. The molecule has 1 N–H and O–H groups in total. The number of aromatic nitrogens is 3. The Hall–Kier alpha value is -5.05. The fourth-order valence-electron chi connectivity index (χ4n) is 4.36. The van der Waals surface area contributed by atoms with Gasteiger partial charge in [-0.05, 0) is 59.7 Å². The number of halogens is 1. The molecule has 0 aliphatic rings. The summed E-state index contributed by atoms with van der Waals surface area (Å²) in [6, 6.07) is 28.1. The normalized spacial score (nSPS) is 11.6. The number of nitrogens with zero attached hydrogens (tertiary/aromatic N) is 4. The van der Waals surface area contributed by atoms with Gasteiger partial charge in [-0.2, -0.15) is 0 Å². The molecule has 0 unspecified atom stereocenters. The van der Waals surface area contributed by atoms with Gasteiger partial charge >= 0.3 is 0 Å². The van der Waals surface area contributed by atoms with Gasteiger partial charge in [0, 0.05) is 12.2 Å². The van der Waals surface area contributed by atoms with E-state index in [-0.39, 0.29) is 13.1 Å². The van der Waals surface area contributed by atoms with Gasteiger partial charge in [-0.25, -0.2) is 9.07 Å². The van der Waals surface area contributed by atoms with Gasteiger partial charge in [-0.15, -0.1) is 5.10 Å². The lowest BCUT2D eigenvalue weighted by Crippen LogP contribution is -2.45. The van der Waals surface area contributed by atoms with Crippen molar-refractivity contribution < 1.29 is 18.7 Å². The van der Waals surface area contributed by atoms with Crippen LogP contribution in [0, 0.1) is 5.82 Å². The van der Waals surface area contributed by atoms with E-state index < -0.39 is 23.7 Å². The van der Waals surface area contributed by atoms with Crippen LogP contribution in [0.2, 0.25) is 0 Å². The number of rotatable bonds is 9. The monoisotopic (exact) mass is 523 g/mol. The number of amides is 2. The molecule has 1 atom stereocenters. The molecule has 2 amide bonds. The van der Waals surface area contributed by atoms with E-state index in [9.17, 15) is 14.0 Å². The molecule has 0 aliphatic heterocycles. The quantitative estimate of drug-likeness (QED) is 0.303. The molecule has 4 aromatic carbocycles. The Kier molecular flexibility index (Phi) is 7.58. The van der Waals surface area contributed by atoms with E-state index in [2.05, 4.69) is 15.6 Å². The fourth-order valence-corrected chi connectivity index (χ4v) is 4.36. The van der Waals surface area contributed by atoms with E-state index >= 15 is 0 Å². The molecule has 196 valence electrons. The first-order valence-corrected chi connectivity index (χ1v) is 12.3. The van der Waals surface area contributed by atoms with Gasteiger partial charge in [0.15, 0.2) is 0 Å². The number of carbonyl (C=O) groups excluding carboxylic acids is 2. The summed E-state index contributed by atoms with van der Waals surface area (Å²) in [5, 5.41) is 11.2. The summed E-state index contributed by atoms with van der Waals surface area (Å²) >= 11 is 0. The van der Waals surface area contributed by atoms with Gasteiger partial charge in [0.05, 0.1) is 12.6 Å². The number of benzene rings is 4. The maximum absolute atomic E-state index is 14.0. The van der Waals surface area contributed by atoms with Crippen LogP contribution >= 0.6 is 0 Å². The van der Waals surface area contributed by atoms with Crippen molar-refractivity contribution in [2.75, 3.05) is 12.0 Å². The first-order chi connectivity index (χ1) is 19.0. The molecule has 0 saturated carbocycles. The van der Waals surface area contributed by atoms with Gasteiger partial charge in [0.25, 0.3) is 0 Å². The molecule has 8 nitrogen and oxygen atoms in total. The fraction of sp³-hybridized carbons (Fsp3) is 0.133. The smallest absolute Gasteiger partial charge is 0.249 e. The van der Waals surface area contributed by atoms with Crippen molar-refractivity contribution in [1.82, 2.24) is 20.3 Å². The zero-order valence-corrected chi connectivity index (χ0v) is 21.2. The summed E-state index contributed by atoms with van der Waals surface area (Å²) in [7, 11) is 1.55. The van der Waals surface area contributed by atoms with E-state index in [0.29, 0.717) is 28.0 Å². The number of para-hydroxylation sites is 1. The average molecular weight is 524 g/mol. The molecule has 0 bridgehead atoms. The van der Waals surface area contributed by atoms with Crippen molar-refractivity contribution in [3.05, 3.63) is 120 Å². The molecule has 1 aromatic heterocycles. The van der Waals surface area contributed by atoms with E-state index in [1.165, 1.54) is 33.8 Å². The summed E-state index contributed by atoms with van der Waals surface area (Å²) in [6.45, 7) is 0.0892. The Morgan fingerprint density at radius 2 is 1.62 bits per heavy atom. The summed E-state index contributed by atoms with van der Waals surface area (Å²) < 4.78 is 20.7. The molecule has 0 fully saturated rings. The van der Waals surface area contributed by atoms with E-state index in [0.717, 1.165) is 5.56 Å². The highest BCUT2D eigenvalue weighted by molar-refractivity contribution is 6.01. The van der Waals surface area contributed by atoms with Crippen molar-refractivity contribution in [3.63, 3.8) is 0 Å². The van der Waals surface area contributed by atoms with Gasteiger partial charge < -0.3 is 10.1 Å². The third-order valence-corrected chi connectivity index (χ3v) is 6.33. The SMILES string of the molecule is COc1ccc(N(C(=O)Cn2nnc3ccccc32)[C@@H](C(=O)NCc2ccccc2)c2ccc(F)cc2)cc1. The van der Waals surface area contributed by atoms with Gasteiger partial charge in [0.2, 0.25) is 11.8 Å². The predicted octanol–water partition coefficient (Wildman–Crippen LogP) is 4.67. The Balaban J connectivity index is 1.55. The topological polar surface area (TPSA) is 89.3 Å². The van der Waals surface area contributed by atoms with Crippen LogP contribution in [0.1, 0.15) is 17.2 Å². The highest BCUT2D eigenvalue weighted by atomic mass is 19.1. The van der Waals surface area contributed by atoms with E-state index in [4.69, 9.17) is 4.74 Å². The van der Waals surface area contributed by atoms with Gasteiger partial charge in [-0.1, -0.05) is 59.8 Å². The lowest BCUT2D eigenvalue weighted by Gasteiger charge is -2.31. The van der Waals surface area contributed by atoms with Crippen LogP contribution in [0.15, 0.2) is 103 Å². The van der Waals surface area contributed by atoms with Gasteiger partial charge in [-0.3, -0.25) is 14.5 Å². The van der Waals surface area contributed by atoms with E-state index in [1.54, 1.807) is 31.4 Å². The molecule has 5 aromatic rings. The van der Waals surface area contributed by atoms with Crippen molar-refractivity contribution in [1.29, 1.82) is 0 Å². The molecule has 0 radical (unpaired) electrons. The number of nitrogens with one attached hydrogen (secondary N) is 1. The van der Waals surface area contributed by atoms with Crippen molar-refractivity contribution >= 4 is 28.5 Å². The third kappa shape index (κ3) is 5.77. The molecule has 9 heteroatoms. The number of anilines is 1. The Morgan fingerprint density at radius 1 is 0.923 bits per heavy atom. The zero-order chi connectivity index (χ0) is 27.2. The molecular formula is C30H26FN5O3. The number of fused-ring (bicyclic) bond motifs is 1. The van der Waals surface area contributed by atoms with Crippen molar-refractivity contribution in [3.8, 4) is 5.75 Å². The first-order valence-electron chi connectivity index (χ1n) is 12.3. The number of methoxy groups -OCH3 is 1. The summed E-state index contributed by atoms with van der Waals surface area (Å²) in [5.41, 5.74) is 3.16. The first kappa shape index (κ1) is 25.6. The van der Waals surface area contributed by atoms with E-state index in [1.807, 2.05) is 54.6 Å². The van der Waals surface area contributed by atoms with Crippen LogP contribution < -0.4 is 15.0 Å². The lowest BCUT2D eigenvalue weighted by molar-refractivity contribution is -0.127. The minimum Gasteiger partial charge on any atom is -0.497 e. The Morgan fingerprint density at radius 3 is 2.33 bits per heavy atom. The number of ether oxygens (including phenoxy) is 1. The van der Waals surface area contributed by atoms with Crippen LogP contribution in [0.25, 0.3) is 11.0 Å². The molecule has 0 spiro atoms. The highest BCUT2D eigenvalue weighted by Crippen LogP contribution is 2.30. The summed E-state index contributed by atoms with van der Waals surface area (Å²) in [4.78, 5) is 29.2. The number of hydrogen-bond acceptors (Lipinski definition) is 5. The lowest BCUT2D eigenvalue weighted by atomic mass is 10.0. The average Bonchev–Trinajstić information content (AvgIpc) is 3.38. The standard InChI is InChI=1S/C30H26FN5O3/c1-39-25-17-15-24(16-18-25)36(28(37)20-35-27-10-6-5-9-26(27)33-34-35)29(22-11-13-23(31)14-12-22)30(38)32-19-21-7-3-2-4-8-21/h2-18,29H,19-20H2,1H3,(H,32,38)/t29-/m1/s1. The van der Waals surface area contributed by atoms with Crippen LogP contribution in [-0.4, -0.2) is 33.9 Å². The number of carbonyl (C=O) groups is 2. The largest absolute Gasteiger partial charge is 0.497 e. The van der Waals surface area contributed by atoms with Crippen LogP contribution in [0.5, 0.6) is 5.75 Å². The summed E-state index contributed by atoms with van der Waals surface area (Å²) in [5.74, 6) is -0.669. The minimum absolute atomic E-state index is 0.170. The second-order valence-corrected chi connectivity index (χ2v) is 8.86. The predicted molar refractivity (Wildman–Crippen MR) is 145 cm³/mol. The summed E-state index contributed by atoms with van der Waals surface area (Å²) in [6.07, 6.45) is 0. The van der Waals surface area contributed by atoms with Crippen LogP contribution in [0.3, 0.4) is 0 Å². The Labute approximate surface area is 224 Å². The third-order valence-electron chi connectivity index (χ3n) is 6.33. The molecule has 5 rings (SSSR count). The highest BCUT2D eigenvalue weighted by Gasteiger charge is 2.33. The maximum atomic E-state index is 14.0. The van der Waals surface area contributed by atoms with Gasteiger partial charge in [0.1, 0.15) is 29.7 Å². The second kappa shape index (κ2) is 11.6. The van der Waals surface area contributed by atoms with Crippen LogP contribution in [0.4, 0.5) is 10.1 Å². The van der Waals surface area contributed by atoms with Crippen molar-refractivity contribution in [2.45, 2.75) is 19.1 Å². The number of hydrogen-bond donors (Lipinski definition) is 1. The molecular weight excluding hydrogens is 497 g/mol. The molecule has 39 heavy (non-hydrogen) atoms. The minimum atomic E-state index is -1.09. The van der Waals surface area contributed by atoms with Crippen LogP contribution in [-0.2, 0) is 22.7 Å². The Bertz CT molecular complexity index is 1570. The van der Waals surface area contributed by atoms with Crippen molar-refractivity contribution in [2.24, 2.45) is 0 Å². The molecule has 1 heterocycles. The molecule has 0 saturated heterocycles. The maximum Gasteiger partial charge on any atom is 0.249 e. The molecule has 0 aliphatic carbocycles.